The monoisotopic (exact) mass is 433 g/mol. The number of alkyl halides is 1. The van der Waals surface area contributed by atoms with Crippen LogP contribution >= 0.6 is 23.4 Å². The summed E-state index contributed by atoms with van der Waals surface area (Å²) in [6, 6.07) is 4.76. The minimum atomic E-state index is -0.833. The van der Waals surface area contributed by atoms with Crippen molar-refractivity contribution >= 4 is 40.2 Å². The van der Waals surface area contributed by atoms with Gasteiger partial charge < -0.3 is 9.67 Å². The molecule has 1 aliphatic heterocycles. The maximum absolute atomic E-state index is 9.00. The first-order valence-corrected chi connectivity index (χ1v) is 11.6. The first-order valence-electron chi connectivity index (χ1n) is 10.2. The van der Waals surface area contributed by atoms with E-state index in [1.54, 1.807) is 0 Å². The lowest BCUT2D eigenvalue weighted by molar-refractivity contribution is -0.134. The van der Waals surface area contributed by atoms with Gasteiger partial charge >= 0.3 is 0 Å². The van der Waals surface area contributed by atoms with Crippen LogP contribution in [0.25, 0.3) is 10.9 Å². The quantitative estimate of drug-likeness (QED) is 0.305. The van der Waals surface area contributed by atoms with E-state index in [2.05, 4.69) is 56.5 Å². The van der Waals surface area contributed by atoms with Gasteiger partial charge in [-0.3, -0.25) is 4.79 Å². The number of rotatable bonds is 5. The lowest BCUT2D eigenvalue weighted by Crippen LogP contribution is -2.09. The molecule has 29 heavy (non-hydrogen) atoms. The van der Waals surface area contributed by atoms with Crippen LogP contribution in [0.4, 0.5) is 0 Å². The Morgan fingerprint density at radius 3 is 2.62 bits per heavy atom. The molecule has 1 aromatic heterocycles. The molecule has 0 unspecified atom stereocenters. The first-order chi connectivity index (χ1) is 13.8. The Hall–Kier alpha value is -1.65. The number of carbonyl (C=O) groups is 1. The highest BCUT2D eigenvalue weighted by Gasteiger charge is 2.23. The average molecular weight is 434 g/mol. The van der Waals surface area contributed by atoms with Gasteiger partial charge in [0.1, 0.15) is 0 Å². The maximum Gasteiger partial charge on any atom is 0.300 e. The number of allylic oxidation sites excluding steroid dienone is 3. The highest BCUT2D eigenvalue weighted by Crippen LogP contribution is 2.44. The van der Waals surface area contributed by atoms with Crippen molar-refractivity contribution in [3.63, 3.8) is 0 Å². The van der Waals surface area contributed by atoms with Gasteiger partial charge in [-0.2, -0.15) is 0 Å². The molecule has 0 amide bonds. The minimum Gasteiger partial charge on any atom is -0.481 e. The molecule has 5 heteroatoms. The summed E-state index contributed by atoms with van der Waals surface area (Å²) in [7, 11) is 0. The molecule has 2 aromatic rings. The molecule has 1 aliphatic rings. The highest BCUT2D eigenvalue weighted by atomic mass is 35.5. The summed E-state index contributed by atoms with van der Waals surface area (Å²) in [5.41, 5.74) is 5.80. The van der Waals surface area contributed by atoms with Crippen molar-refractivity contribution in [3.05, 3.63) is 52.1 Å². The molecule has 3 rings (SSSR count). The average Bonchev–Trinajstić information content (AvgIpc) is 2.97. The Morgan fingerprint density at radius 2 is 2.03 bits per heavy atom. The number of hydrogen-bond donors (Lipinski definition) is 1. The zero-order valence-corrected chi connectivity index (χ0v) is 19.7. The van der Waals surface area contributed by atoms with Crippen LogP contribution in [-0.4, -0.2) is 21.5 Å². The second-order valence-corrected chi connectivity index (χ2v) is 9.05. The van der Waals surface area contributed by atoms with Crippen LogP contribution in [-0.2, 0) is 17.8 Å². The Balaban J connectivity index is 0.000000687. The van der Waals surface area contributed by atoms with Gasteiger partial charge in [-0.15, -0.1) is 11.6 Å². The highest BCUT2D eigenvalue weighted by molar-refractivity contribution is 8.03. The summed E-state index contributed by atoms with van der Waals surface area (Å²) >= 11 is 7.76. The van der Waals surface area contributed by atoms with E-state index in [1.807, 2.05) is 17.8 Å². The lowest BCUT2D eigenvalue weighted by Gasteiger charge is -2.17. The molecule has 0 bridgehead atoms. The summed E-state index contributed by atoms with van der Waals surface area (Å²) in [6.45, 7) is 11.2. The number of carboxylic acids is 1. The summed E-state index contributed by atoms with van der Waals surface area (Å²) < 4.78 is 2.58. The van der Waals surface area contributed by atoms with Crippen LogP contribution in [0.1, 0.15) is 63.3 Å². The summed E-state index contributed by atoms with van der Waals surface area (Å²) in [6.07, 6.45) is 10.1. The molecular weight excluding hydrogens is 402 g/mol. The summed E-state index contributed by atoms with van der Waals surface area (Å²) in [4.78, 5) is 11.7. The number of aliphatic carboxylic acids is 1. The van der Waals surface area contributed by atoms with Crippen LogP contribution in [0.15, 0.2) is 40.2 Å². The molecule has 0 fully saturated rings. The predicted molar refractivity (Wildman–Crippen MR) is 126 cm³/mol. The van der Waals surface area contributed by atoms with E-state index >= 15 is 0 Å². The van der Waals surface area contributed by atoms with Crippen molar-refractivity contribution in [2.75, 3.05) is 5.88 Å². The third-order valence-corrected chi connectivity index (χ3v) is 6.37. The standard InChI is InChI=1S/C22H28ClNS.C2H4O2/c1-5-17(9-8-11-23)25-22-19-10-6-7-12-24(19)20-14-16(4)13-18(15(2)3)21(20)22;1-2(3)4/h5,8-9,13-15H,6-7,10-12H2,1-4H3;1H3,(H,3,4)/b9-8-,17-5+;. The van der Waals surface area contributed by atoms with Crippen molar-refractivity contribution < 1.29 is 9.90 Å². The van der Waals surface area contributed by atoms with Gasteiger partial charge in [0, 0.05) is 45.7 Å². The number of nitrogens with zero attached hydrogens (tertiary/aromatic N) is 1. The predicted octanol–water partition coefficient (Wildman–Crippen LogP) is 7.29. The van der Waals surface area contributed by atoms with Gasteiger partial charge in [-0.25, -0.2) is 0 Å². The Labute approximate surface area is 183 Å². The van der Waals surface area contributed by atoms with E-state index in [0.29, 0.717) is 11.8 Å². The number of thioether (sulfide) groups is 1. The molecule has 2 heterocycles. The summed E-state index contributed by atoms with van der Waals surface area (Å²) in [5.74, 6) is 0.252. The van der Waals surface area contributed by atoms with Gasteiger partial charge in [0.05, 0.1) is 0 Å². The number of carboxylic acid groups (broad SMARTS) is 1. The zero-order valence-electron chi connectivity index (χ0n) is 18.1. The fraction of sp³-hybridized carbons (Fsp3) is 0.458. The van der Waals surface area contributed by atoms with Crippen molar-refractivity contribution in [2.45, 2.75) is 71.2 Å². The molecule has 0 aliphatic carbocycles. The zero-order chi connectivity index (χ0) is 21.6. The van der Waals surface area contributed by atoms with Crippen molar-refractivity contribution in [1.29, 1.82) is 0 Å². The van der Waals surface area contributed by atoms with Crippen LogP contribution in [0.5, 0.6) is 0 Å². The largest absolute Gasteiger partial charge is 0.481 e. The van der Waals surface area contributed by atoms with Crippen LogP contribution in [0.2, 0.25) is 0 Å². The Morgan fingerprint density at radius 1 is 1.34 bits per heavy atom. The van der Waals surface area contributed by atoms with Gasteiger partial charge in [-0.05, 0) is 56.2 Å². The molecular formula is C24H32ClNO2S. The Kier molecular flexibility index (Phi) is 8.91. The van der Waals surface area contributed by atoms with E-state index < -0.39 is 5.97 Å². The van der Waals surface area contributed by atoms with E-state index in [-0.39, 0.29) is 0 Å². The van der Waals surface area contributed by atoms with E-state index in [1.165, 1.54) is 56.8 Å². The topological polar surface area (TPSA) is 42.2 Å². The second-order valence-electron chi connectivity index (χ2n) is 7.66. The molecule has 1 aromatic carbocycles. The number of hydrogen-bond acceptors (Lipinski definition) is 2. The molecule has 158 valence electrons. The van der Waals surface area contributed by atoms with E-state index in [9.17, 15) is 0 Å². The van der Waals surface area contributed by atoms with Crippen molar-refractivity contribution in [3.8, 4) is 0 Å². The molecule has 0 atom stereocenters. The normalized spacial score (nSPS) is 14.2. The van der Waals surface area contributed by atoms with Gasteiger partial charge in [0.15, 0.2) is 0 Å². The van der Waals surface area contributed by atoms with Gasteiger partial charge in [-0.1, -0.05) is 49.9 Å². The fourth-order valence-electron chi connectivity index (χ4n) is 3.77. The second kappa shape index (κ2) is 10.9. The number of aromatic nitrogens is 1. The fourth-order valence-corrected chi connectivity index (χ4v) is 5.03. The molecule has 0 saturated carbocycles. The molecule has 0 saturated heterocycles. The molecule has 0 spiro atoms. The molecule has 1 N–H and O–H groups in total. The maximum atomic E-state index is 9.00. The number of aryl methyl sites for hydroxylation is 2. The third kappa shape index (κ3) is 5.93. The minimum absolute atomic E-state index is 0.527. The first kappa shape index (κ1) is 23.6. The van der Waals surface area contributed by atoms with Crippen molar-refractivity contribution in [2.24, 2.45) is 0 Å². The smallest absolute Gasteiger partial charge is 0.300 e. The Bertz CT molecular complexity index is 921. The third-order valence-electron chi connectivity index (χ3n) is 4.94. The van der Waals surface area contributed by atoms with Crippen molar-refractivity contribution in [1.82, 2.24) is 4.57 Å². The summed E-state index contributed by atoms with van der Waals surface area (Å²) in [5, 5.41) is 8.89. The SMILES string of the molecule is C/C=C(\C=C/CCl)Sc1c2n(c3cc(C)cc(C(C)C)c13)CCCC2.CC(=O)O. The van der Waals surface area contributed by atoms with Crippen LogP contribution in [0, 0.1) is 6.92 Å². The van der Waals surface area contributed by atoms with E-state index in [4.69, 9.17) is 21.5 Å². The van der Waals surface area contributed by atoms with E-state index in [0.717, 1.165) is 13.5 Å². The molecule has 0 radical (unpaired) electrons. The number of benzene rings is 1. The van der Waals surface area contributed by atoms with Crippen LogP contribution in [0.3, 0.4) is 0 Å². The lowest BCUT2D eigenvalue weighted by atomic mass is 9.97. The van der Waals surface area contributed by atoms with Crippen LogP contribution < -0.4 is 0 Å². The molecule has 3 nitrogen and oxygen atoms in total. The van der Waals surface area contributed by atoms with Gasteiger partial charge in [0.2, 0.25) is 0 Å². The number of fused-ring (bicyclic) bond motifs is 3. The van der Waals surface area contributed by atoms with Gasteiger partial charge in [0.25, 0.3) is 5.97 Å². The number of halogens is 1.